The fourth-order valence-electron chi connectivity index (χ4n) is 1.48. The van der Waals surface area contributed by atoms with Gasteiger partial charge in [0.1, 0.15) is 0 Å². The second kappa shape index (κ2) is 14.9. The van der Waals surface area contributed by atoms with Crippen molar-refractivity contribution >= 4 is 5.69 Å². The predicted molar refractivity (Wildman–Crippen MR) is 101 cm³/mol. The van der Waals surface area contributed by atoms with E-state index in [1.165, 1.54) is 0 Å². The summed E-state index contributed by atoms with van der Waals surface area (Å²) in [6.07, 6.45) is 23.8. The van der Waals surface area contributed by atoms with E-state index in [0.29, 0.717) is 0 Å². The normalized spacial score (nSPS) is 16.5. The Kier molecular flexibility index (Phi) is 14.7. The Morgan fingerprint density at radius 2 is 1.12 bits per heavy atom. The van der Waals surface area contributed by atoms with Gasteiger partial charge >= 0.3 is 26.2 Å². The molecule has 0 aromatic heterocycles. The minimum Gasteiger partial charge on any atom is -0.664 e. The molecular weight excluding hydrogens is 369 g/mol. The standard InChI is InChI=1S/C12H15N.2C5H5.Zr/c1-12(2,3)9-10-13-11-7-5-4-6-8-11;2*1-2-4-5-3-1;/h4-10H,1H2,2-3H3;2*1-5H;/q-2;;;+4/b10-9-;;;. The molecule has 120 valence electrons. The van der Waals surface area contributed by atoms with Crippen LogP contribution in [-0.2, 0) is 26.2 Å². The fraction of sp³-hybridized carbons (Fsp3) is 0.136. The van der Waals surface area contributed by atoms with Gasteiger partial charge in [-0.15, -0.1) is 17.2 Å². The summed E-state index contributed by atoms with van der Waals surface area (Å²) in [5.74, 6) is 0. The van der Waals surface area contributed by atoms with Crippen LogP contribution in [-0.4, -0.2) is 0 Å². The number of benzene rings is 1. The Bertz CT molecular complexity index is 373. The van der Waals surface area contributed by atoms with Crippen LogP contribution in [0.1, 0.15) is 13.8 Å². The Hall–Kier alpha value is -0.357. The van der Waals surface area contributed by atoms with Crippen molar-refractivity contribution in [2.75, 3.05) is 0 Å². The van der Waals surface area contributed by atoms with Gasteiger partial charge in [0, 0.05) is 0 Å². The van der Waals surface area contributed by atoms with E-state index in [-0.39, 0.29) is 31.6 Å². The molecule has 0 unspecified atom stereocenters. The van der Waals surface area contributed by atoms with E-state index in [9.17, 15) is 0 Å². The summed E-state index contributed by atoms with van der Waals surface area (Å²) in [6, 6.07) is 9.87. The van der Waals surface area contributed by atoms with Crippen molar-refractivity contribution in [1.82, 2.24) is 0 Å². The van der Waals surface area contributed by atoms with E-state index in [0.717, 1.165) is 5.69 Å². The van der Waals surface area contributed by atoms with Gasteiger partial charge in [-0.2, -0.15) is 6.20 Å². The summed E-state index contributed by atoms with van der Waals surface area (Å²) in [6.45, 7) is 8.05. The summed E-state index contributed by atoms with van der Waals surface area (Å²) in [7, 11) is 0. The summed E-state index contributed by atoms with van der Waals surface area (Å²) >= 11 is 0. The van der Waals surface area contributed by atoms with E-state index >= 15 is 0 Å². The van der Waals surface area contributed by atoms with Crippen LogP contribution in [0, 0.1) is 76.5 Å². The van der Waals surface area contributed by atoms with Gasteiger partial charge in [0.25, 0.3) is 0 Å². The smallest absolute Gasteiger partial charge is 0.664 e. The molecule has 10 radical (unpaired) electrons. The third-order valence-corrected chi connectivity index (χ3v) is 2.62. The van der Waals surface area contributed by atoms with Crippen LogP contribution in [0.2, 0.25) is 0 Å². The Labute approximate surface area is 169 Å². The van der Waals surface area contributed by atoms with Crippen molar-refractivity contribution in [1.29, 1.82) is 0 Å². The largest absolute Gasteiger partial charge is 4.00 e. The van der Waals surface area contributed by atoms with Crippen molar-refractivity contribution < 1.29 is 26.2 Å². The number of nitrogens with zero attached hydrogens (tertiary/aromatic N) is 1. The maximum Gasteiger partial charge on any atom is 4.00 e. The molecule has 1 aromatic rings. The van der Waals surface area contributed by atoms with Crippen LogP contribution in [0.4, 0.5) is 5.69 Å². The second-order valence-corrected chi connectivity index (χ2v) is 5.69. The zero-order valence-corrected chi connectivity index (χ0v) is 16.9. The van der Waals surface area contributed by atoms with Crippen molar-refractivity contribution in [2.45, 2.75) is 13.8 Å². The summed E-state index contributed by atoms with van der Waals surface area (Å²) in [5.41, 5.74) is 0.932. The molecule has 0 N–H and O–H groups in total. The molecule has 2 fully saturated rings. The van der Waals surface area contributed by atoms with Crippen molar-refractivity contribution in [3.05, 3.63) is 119 Å². The van der Waals surface area contributed by atoms with Gasteiger partial charge in [-0.05, 0) is 64.2 Å². The molecule has 3 rings (SSSR count). The number of allylic oxidation sites excluding steroid dienone is 1. The van der Waals surface area contributed by atoms with Crippen molar-refractivity contribution in [3.63, 3.8) is 0 Å². The van der Waals surface area contributed by atoms with Crippen LogP contribution in [0.15, 0.2) is 42.6 Å². The quantitative estimate of drug-likeness (QED) is 0.549. The van der Waals surface area contributed by atoms with Crippen LogP contribution in [0.3, 0.4) is 0 Å². The second-order valence-electron chi connectivity index (χ2n) is 5.69. The van der Waals surface area contributed by atoms with E-state index in [1.54, 1.807) is 0 Å². The molecule has 0 bridgehead atoms. The van der Waals surface area contributed by atoms with Crippen LogP contribution < -0.4 is 0 Å². The summed E-state index contributed by atoms with van der Waals surface area (Å²) < 4.78 is 0. The number of hydrogen-bond donors (Lipinski definition) is 0. The molecular formula is C22H25NZr+2. The molecule has 0 saturated heterocycles. The first-order valence-electron chi connectivity index (χ1n) is 7.70. The van der Waals surface area contributed by atoms with Crippen molar-refractivity contribution in [2.24, 2.45) is 5.41 Å². The average molecular weight is 395 g/mol. The number of hydrogen-bond acceptors (Lipinski definition) is 0. The van der Waals surface area contributed by atoms with E-state index in [2.05, 4.69) is 12.2 Å². The SMILES string of the molecule is [CH2-]C(C)(C)/C=C\[N-]c1ccccc1.[CH]1[CH][CH][CH][CH]1.[CH]1[CH][CH][CH][CH]1.[Zr+4]. The third kappa shape index (κ3) is 15.2. The van der Waals surface area contributed by atoms with Gasteiger partial charge in [0.05, 0.1) is 0 Å². The monoisotopic (exact) mass is 393 g/mol. The van der Waals surface area contributed by atoms with Crippen LogP contribution in [0.25, 0.3) is 5.32 Å². The summed E-state index contributed by atoms with van der Waals surface area (Å²) in [5, 5.41) is 4.27. The Morgan fingerprint density at radius 1 is 0.750 bits per heavy atom. The van der Waals surface area contributed by atoms with Gasteiger partial charge in [-0.1, -0.05) is 44.2 Å². The molecule has 0 spiro atoms. The van der Waals surface area contributed by atoms with Crippen LogP contribution in [0.5, 0.6) is 0 Å². The van der Waals surface area contributed by atoms with Gasteiger partial charge in [0.15, 0.2) is 0 Å². The molecule has 2 saturated carbocycles. The molecule has 2 aliphatic carbocycles. The molecule has 0 heterocycles. The Morgan fingerprint density at radius 3 is 1.46 bits per heavy atom. The maximum atomic E-state index is 4.27. The van der Waals surface area contributed by atoms with E-state index in [1.807, 2.05) is 121 Å². The first-order valence-corrected chi connectivity index (χ1v) is 7.70. The zero-order valence-electron chi connectivity index (χ0n) is 14.5. The molecule has 24 heavy (non-hydrogen) atoms. The van der Waals surface area contributed by atoms with Gasteiger partial charge in [-0.25, -0.2) is 0 Å². The summed E-state index contributed by atoms with van der Waals surface area (Å²) in [4.78, 5) is 0. The number of para-hydroxylation sites is 1. The minimum atomic E-state index is -0.0434. The van der Waals surface area contributed by atoms with E-state index in [4.69, 9.17) is 0 Å². The molecule has 0 aliphatic heterocycles. The maximum absolute atomic E-state index is 4.27. The van der Waals surface area contributed by atoms with Gasteiger partial charge in [-0.3, -0.25) is 0 Å². The van der Waals surface area contributed by atoms with E-state index < -0.39 is 0 Å². The first-order chi connectivity index (χ1) is 11.1. The molecule has 0 atom stereocenters. The predicted octanol–water partition coefficient (Wildman–Crippen LogP) is 6.11. The van der Waals surface area contributed by atoms with Crippen molar-refractivity contribution in [3.8, 4) is 0 Å². The topological polar surface area (TPSA) is 14.1 Å². The zero-order chi connectivity index (χ0) is 16.8. The molecule has 1 aromatic carbocycles. The molecule has 0 amide bonds. The third-order valence-electron chi connectivity index (χ3n) is 2.62. The Balaban J connectivity index is 0.000000393. The average Bonchev–Trinajstić information content (AvgIpc) is 3.26. The van der Waals surface area contributed by atoms with Gasteiger partial charge < -0.3 is 12.2 Å². The first kappa shape index (κ1) is 23.6. The number of rotatable bonds is 3. The molecule has 2 heteroatoms. The van der Waals surface area contributed by atoms with Crippen LogP contribution >= 0.6 is 0 Å². The molecule has 1 nitrogen and oxygen atoms in total. The molecule has 2 aliphatic rings. The minimum absolute atomic E-state index is 0. The fourth-order valence-corrected chi connectivity index (χ4v) is 1.48. The van der Waals surface area contributed by atoms with Gasteiger partial charge in [0.2, 0.25) is 0 Å².